The smallest absolute Gasteiger partial charge is 0.134 e. The Kier molecular flexibility index (Phi) is 2.86. The van der Waals surface area contributed by atoms with Crippen molar-refractivity contribution in [2.45, 2.75) is 25.3 Å². The lowest BCUT2D eigenvalue weighted by Crippen LogP contribution is -2.19. The van der Waals surface area contributed by atoms with Crippen LogP contribution in [0.2, 0.25) is 0 Å². The molecule has 0 bridgehead atoms. The van der Waals surface area contributed by atoms with Gasteiger partial charge in [0, 0.05) is 16.3 Å². The molecule has 0 amide bonds. The molecule has 3 nitrogen and oxygen atoms in total. The predicted octanol–water partition coefficient (Wildman–Crippen LogP) is 4.15. The third-order valence-corrected chi connectivity index (χ3v) is 5.25. The minimum absolute atomic E-state index is 0.461. The Labute approximate surface area is 121 Å². The fourth-order valence-corrected chi connectivity index (χ4v) is 4.23. The van der Waals surface area contributed by atoms with Crippen LogP contribution >= 0.6 is 11.3 Å². The second kappa shape index (κ2) is 4.72. The van der Waals surface area contributed by atoms with E-state index in [0.717, 1.165) is 28.0 Å². The van der Waals surface area contributed by atoms with Crippen molar-refractivity contribution in [3.05, 3.63) is 41.1 Å². The van der Waals surface area contributed by atoms with Crippen LogP contribution in [0.1, 0.15) is 29.5 Å². The number of aryl methyl sites for hydroxylation is 1. The number of furan rings is 1. The quantitative estimate of drug-likeness (QED) is 0.768. The van der Waals surface area contributed by atoms with Crippen molar-refractivity contribution in [1.29, 1.82) is 0 Å². The van der Waals surface area contributed by atoms with Gasteiger partial charge in [0.25, 0.3) is 0 Å². The van der Waals surface area contributed by atoms with E-state index in [1.807, 2.05) is 31.5 Å². The number of rotatable bonds is 2. The first kappa shape index (κ1) is 12.1. The van der Waals surface area contributed by atoms with Crippen molar-refractivity contribution >= 4 is 22.3 Å². The lowest BCUT2D eigenvalue weighted by molar-refractivity contribution is 0.501. The largest absolute Gasteiger partial charge is 0.464 e. The molecule has 1 aliphatic rings. The molecule has 102 valence electrons. The van der Waals surface area contributed by atoms with E-state index in [1.54, 1.807) is 11.3 Å². The number of nitrogens with zero attached hydrogens (tertiary/aromatic N) is 1. The minimum atomic E-state index is 0.461. The van der Waals surface area contributed by atoms with Crippen LogP contribution < -0.4 is 5.32 Å². The highest BCUT2D eigenvalue weighted by Gasteiger charge is 2.24. The number of para-hydroxylation sites is 1. The van der Waals surface area contributed by atoms with Crippen molar-refractivity contribution < 1.29 is 4.42 Å². The first-order valence-corrected chi connectivity index (χ1v) is 7.82. The normalized spacial score (nSPS) is 18.4. The molecule has 1 aliphatic carbocycles. The topological polar surface area (TPSA) is 38.1 Å². The Balaban J connectivity index is 1.85. The lowest BCUT2D eigenvalue weighted by atomic mass is 9.98. The fraction of sp³-hybridized carbons (Fsp3) is 0.312. The standard InChI is InChI=1S/C16H16N2OS/c1-17-12-6-4-7-13-15(12)20-16(18-13)11-9-19-14-8-3-2-5-10(11)14/h2-3,5,8-9,12,17H,4,6-7H2,1H3. The van der Waals surface area contributed by atoms with Crippen molar-refractivity contribution in [2.75, 3.05) is 7.05 Å². The third-order valence-electron chi connectivity index (χ3n) is 4.01. The Hall–Kier alpha value is -1.65. The van der Waals surface area contributed by atoms with Crippen LogP contribution in [0.3, 0.4) is 0 Å². The van der Waals surface area contributed by atoms with E-state index in [2.05, 4.69) is 11.4 Å². The Morgan fingerprint density at radius 3 is 3.15 bits per heavy atom. The van der Waals surface area contributed by atoms with Crippen molar-refractivity contribution in [3.63, 3.8) is 0 Å². The maximum Gasteiger partial charge on any atom is 0.134 e. The van der Waals surface area contributed by atoms with Crippen molar-refractivity contribution in [2.24, 2.45) is 0 Å². The Bertz CT molecular complexity index is 759. The fourth-order valence-electron chi connectivity index (χ4n) is 2.95. The molecule has 1 N–H and O–H groups in total. The van der Waals surface area contributed by atoms with E-state index >= 15 is 0 Å². The van der Waals surface area contributed by atoms with Gasteiger partial charge in [-0.2, -0.15) is 0 Å². The molecule has 1 unspecified atom stereocenters. The summed E-state index contributed by atoms with van der Waals surface area (Å²) in [4.78, 5) is 6.26. The van der Waals surface area contributed by atoms with E-state index < -0.39 is 0 Å². The monoisotopic (exact) mass is 284 g/mol. The molecular weight excluding hydrogens is 268 g/mol. The third kappa shape index (κ3) is 1.79. The van der Waals surface area contributed by atoms with Gasteiger partial charge in [-0.3, -0.25) is 0 Å². The number of fused-ring (bicyclic) bond motifs is 2. The predicted molar refractivity (Wildman–Crippen MR) is 82.1 cm³/mol. The highest BCUT2D eigenvalue weighted by atomic mass is 32.1. The highest BCUT2D eigenvalue weighted by molar-refractivity contribution is 7.15. The van der Waals surface area contributed by atoms with E-state index in [4.69, 9.17) is 9.40 Å². The van der Waals surface area contributed by atoms with E-state index in [0.29, 0.717) is 6.04 Å². The summed E-state index contributed by atoms with van der Waals surface area (Å²) in [6, 6.07) is 8.61. The van der Waals surface area contributed by atoms with Crippen LogP contribution in [-0.2, 0) is 6.42 Å². The summed E-state index contributed by atoms with van der Waals surface area (Å²) in [5.74, 6) is 0. The average Bonchev–Trinajstić information content (AvgIpc) is 3.10. The first-order chi connectivity index (χ1) is 9.86. The van der Waals surface area contributed by atoms with Crippen LogP contribution in [0.4, 0.5) is 0 Å². The SMILES string of the molecule is CNC1CCCc2nc(-c3coc4ccccc34)sc21. The van der Waals surface area contributed by atoms with Gasteiger partial charge in [-0.25, -0.2) is 4.98 Å². The van der Waals surface area contributed by atoms with Gasteiger partial charge in [0.05, 0.1) is 11.3 Å². The summed E-state index contributed by atoms with van der Waals surface area (Å²) < 4.78 is 5.64. The maximum absolute atomic E-state index is 5.64. The zero-order chi connectivity index (χ0) is 13.5. The number of hydrogen-bond acceptors (Lipinski definition) is 4. The van der Waals surface area contributed by atoms with Gasteiger partial charge in [0.1, 0.15) is 16.9 Å². The Morgan fingerprint density at radius 2 is 2.25 bits per heavy atom. The molecule has 2 heterocycles. The van der Waals surface area contributed by atoms with Gasteiger partial charge < -0.3 is 9.73 Å². The van der Waals surface area contributed by atoms with Crippen molar-refractivity contribution in [3.8, 4) is 10.6 Å². The molecule has 1 atom stereocenters. The van der Waals surface area contributed by atoms with Crippen LogP contribution in [0, 0.1) is 0 Å². The number of hydrogen-bond donors (Lipinski definition) is 1. The van der Waals surface area contributed by atoms with Gasteiger partial charge >= 0.3 is 0 Å². The van der Waals surface area contributed by atoms with Gasteiger partial charge in [-0.05, 0) is 32.4 Å². The molecule has 4 rings (SSSR count). The molecule has 0 saturated heterocycles. The number of thiazole rings is 1. The van der Waals surface area contributed by atoms with E-state index in [1.165, 1.54) is 23.4 Å². The molecule has 0 radical (unpaired) electrons. The van der Waals surface area contributed by atoms with Gasteiger partial charge in [0.15, 0.2) is 0 Å². The van der Waals surface area contributed by atoms with E-state index in [9.17, 15) is 0 Å². The van der Waals surface area contributed by atoms with Crippen LogP contribution in [-0.4, -0.2) is 12.0 Å². The molecule has 0 aliphatic heterocycles. The molecule has 1 aromatic carbocycles. The molecule has 0 fully saturated rings. The van der Waals surface area contributed by atoms with E-state index in [-0.39, 0.29) is 0 Å². The van der Waals surface area contributed by atoms with Gasteiger partial charge in [-0.15, -0.1) is 11.3 Å². The number of benzene rings is 1. The highest BCUT2D eigenvalue weighted by Crippen LogP contribution is 2.40. The van der Waals surface area contributed by atoms with Crippen LogP contribution in [0.15, 0.2) is 34.9 Å². The summed E-state index contributed by atoms with van der Waals surface area (Å²) >= 11 is 1.81. The second-order valence-corrected chi connectivity index (χ2v) is 6.24. The molecule has 0 spiro atoms. The lowest BCUT2D eigenvalue weighted by Gasteiger charge is -2.19. The first-order valence-electron chi connectivity index (χ1n) is 7.00. The minimum Gasteiger partial charge on any atom is -0.464 e. The van der Waals surface area contributed by atoms with Gasteiger partial charge in [-0.1, -0.05) is 18.2 Å². The summed E-state index contributed by atoms with van der Waals surface area (Å²) in [6.45, 7) is 0. The van der Waals surface area contributed by atoms with Gasteiger partial charge in [0.2, 0.25) is 0 Å². The van der Waals surface area contributed by atoms with Crippen LogP contribution in [0.25, 0.3) is 21.5 Å². The van der Waals surface area contributed by atoms with Crippen LogP contribution in [0.5, 0.6) is 0 Å². The second-order valence-electron chi connectivity index (χ2n) is 5.21. The maximum atomic E-state index is 5.64. The molecule has 0 saturated carbocycles. The van der Waals surface area contributed by atoms with Crippen molar-refractivity contribution in [1.82, 2.24) is 10.3 Å². The summed E-state index contributed by atoms with van der Waals surface area (Å²) in [6.07, 6.45) is 5.36. The summed E-state index contributed by atoms with van der Waals surface area (Å²) in [7, 11) is 2.03. The molecule has 3 aromatic rings. The molecule has 4 heteroatoms. The average molecular weight is 284 g/mol. The summed E-state index contributed by atoms with van der Waals surface area (Å²) in [5.41, 5.74) is 3.32. The number of aromatic nitrogens is 1. The zero-order valence-electron chi connectivity index (χ0n) is 11.3. The Morgan fingerprint density at radius 1 is 1.35 bits per heavy atom. The molecular formula is C16H16N2OS. The molecule has 2 aromatic heterocycles. The summed E-state index contributed by atoms with van der Waals surface area (Å²) in [5, 5.41) is 5.64. The molecule has 20 heavy (non-hydrogen) atoms. The number of nitrogens with one attached hydrogen (secondary N) is 1. The zero-order valence-corrected chi connectivity index (χ0v) is 12.2.